The van der Waals surface area contributed by atoms with Crippen LogP contribution in [0.1, 0.15) is 30.6 Å². The number of carbonyl (C=O) groups is 2. The first-order chi connectivity index (χ1) is 18.8. The number of aromatic nitrogens is 2. The molecule has 0 aliphatic carbocycles. The van der Waals surface area contributed by atoms with E-state index in [1.807, 2.05) is 48.7 Å². The molecule has 2 aromatic carbocycles. The molecule has 8 nitrogen and oxygen atoms in total. The lowest BCUT2D eigenvalue weighted by Crippen LogP contribution is -2.31. The molecule has 2 aromatic heterocycles. The topological polar surface area (TPSA) is 90.6 Å². The lowest BCUT2D eigenvalue weighted by atomic mass is 9.99. The van der Waals surface area contributed by atoms with Gasteiger partial charge in [0, 0.05) is 61.2 Å². The van der Waals surface area contributed by atoms with Crippen LogP contribution in [-0.4, -0.2) is 71.9 Å². The number of hydrogen-bond acceptors (Lipinski definition) is 5. The van der Waals surface area contributed by atoms with E-state index in [-0.39, 0.29) is 17.7 Å². The minimum atomic E-state index is -0.173. The molecule has 4 aromatic rings. The van der Waals surface area contributed by atoms with Gasteiger partial charge in [-0.15, -0.1) is 0 Å². The summed E-state index contributed by atoms with van der Waals surface area (Å²) in [5.74, 6) is 0.466. The summed E-state index contributed by atoms with van der Waals surface area (Å²) >= 11 is 0. The molecule has 2 N–H and O–H groups in total. The zero-order valence-corrected chi connectivity index (χ0v) is 23.1. The second-order valence-corrected chi connectivity index (χ2v) is 10.5. The summed E-state index contributed by atoms with van der Waals surface area (Å²) in [6, 6.07) is 15.9. The number of anilines is 1. The Bertz CT molecular complexity index is 1520. The summed E-state index contributed by atoms with van der Waals surface area (Å²) in [6.45, 7) is 5.93. The van der Waals surface area contributed by atoms with Crippen molar-refractivity contribution in [3.05, 3.63) is 66.5 Å². The summed E-state index contributed by atoms with van der Waals surface area (Å²) in [6.07, 6.45) is 4.54. The maximum absolute atomic E-state index is 13.2. The van der Waals surface area contributed by atoms with Gasteiger partial charge in [-0.1, -0.05) is 24.3 Å². The quantitative estimate of drug-likeness (QED) is 0.343. The molecule has 0 radical (unpaired) electrons. The van der Waals surface area contributed by atoms with Crippen LogP contribution in [-0.2, 0) is 4.79 Å². The Kier molecular flexibility index (Phi) is 7.39. The largest absolute Gasteiger partial charge is 0.496 e. The highest BCUT2D eigenvalue weighted by atomic mass is 16.5. The van der Waals surface area contributed by atoms with Crippen molar-refractivity contribution in [3.63, 3.8) is 0 Å². The first kappa shape index (κ1) is 26.4. The number of H-pyrrole nitrogens is 1. The molecule has 5 rings (SSSR count). The summed E-state index contributed by atoms with van der Waals surface area (Å²) in [5, 5.41) is 4.00. The van der Waals surface area contributed by atoms with E-state index in [9.17, 15) is 9.59 Å². The summed E-state index contributed by atoms with van der Waals surface area (Å²) in [7, 11) is 5.09. The molecule has 1 saturated heterocycles. The number of rotatable bonds is 7. The van der Waals surface area contributed by atoms with E-state index in [0.29, 0.717) is 17.3 Å². The number of fused-ring (bicyclic) bond motifs is 1. The highest BCUT2D eigenvalue weighted by Gasteiger charge is 2.30. The number of nitrogens with one attached hydrogen (secondary N) is 2. The Morgan fingerprint density at radius 3 is 2.62 bits per heavy atom. The van der Waals surface area contributed by atoms with Crippen LogP contribution < -0.4 is 10.1 Å². The number of pyridine rings is 1. The molecule has 1 aliphatic heterocycles. The van der Waals surface area contributed by atoms with Crippen molar-refractivity contribution >= 4 is 28.5 Å². The number of carbonyl (C=O) groups excluding carboxylic acids is 2. The fourth-order valence-corrected chi connectivity index (χ4v) is 5.21. The molecule has 0 bridgehead atoms. The molecule has 1 unspecified atom stereocenters. The van der Waals surface area contributed by atoms with Gasteiger partial charge < -0.3 is 24.8 Å². The number of para-hydroxylation sites is 1. The second-order valence-electron chi connectivity index (χ2n) is 10.5. The highest BCUT2D eigenvalue weighted by molar-refractivity contribution is 6.05. The number of methoxy groups -OCH3 is 1. The van der Waals surface area contributed by atoms with E-state index in [4.69, 9.17) is 4.74 Å². The van der Waals surface area contributed by atoms with Gasteiger partial charge in [0.2, 0.25) is 5.91 Å². The van der Waals surface area contributed by atoms with Gasteiger partial charge in [0.15, 0.2) is 0 Å². The fourth-order valence-electron chi connectivity index (χ4n) is 5.21. The van der Waals surface area contributed by atoms with Gasteiger partial charge in [-0.2, -0.15) is 0 Å². The molecule has 3 heterocycles. The summed E-state index contributed by atoms with van der Waals surface area (Å²) < 4.78 is 5.58. The number of aromatic amines is 1. The van der Waals surface area contributed by atoms with Gasteiger partial charge in [-0.3, -0.25) is 9.59 Å². The Hall–Kier alpha value is -4.17. The summed E-state index contributed by atoms with van der Waals surface area (Å²) in [4.78, 5) is 38.1. The average molecular weight is 526 g/mol. The van der Waals surface area contributed by atoms with Gasteiger partial charge in [-0.05, 0) is 56.6 Å². The van der Waals surface area contributed by atoms with Crippen LogP contribution in [0, 0.1) is 5.92 Å². The van der Waals surface area contributed by atoms with Crippen LogP contribution in [0.2, 0.25) is 0 Å². The number of amides is 2. The molecular weight excluding hydrogens is 490 g/mol. The highest BCUT2D eigenvalue weighted by Crippen LogP contribution is 2.36. The van der Waals surface area contributed by atoms with E-state index >= 15 is 0 Å². The summed E-state index contributed by atoms with van der Waals surface area (Å²) in [5.41, 5.74) is 5.39. The van der Waals surface area contributed by atoms with Gasteiger partial charge in [0.05, 0.1) is 24.3 Å². The molecule has 1 fully saturated rings. The molecule has 202 valence electrons. The molecular formula is C31H35N5O3. The Morgan fingerprint density at radius 1 is 1.10 bits per heavy atom. The third-order valence-electron chi connectivity index (χ3n) is 7.50. The molecule has 0 spiro atoms. The Balaban J connectivity index is 1.50. The predicted molar refractivity (Wildman–Crippen MR) is 155 cm³/mol. The van der Waals surface area contributed by atoms with Crippen LogP contribution in [0.5, 0.6) is 5.75 Å². The molecule has 1 atom stereocenters. The van der Waals surface area contributed by atoms with Gasteiger partial charge in [0.25, 0.3) is 5.91 Å². The molecule has 2 amide bonds. The maximum atomic E-state index is 13.2. The monoisotopic (exact) mass is 525 g/mol. The molecule has 8 heteroatoms. The minimum Gasteiger partial charge on any atom is -0.496 e. The van der Waals surface area contributed by atoms with Gasteiger partial charge in [0.1, 0.15) is 11.4 Å². The van der Waals surface area contributed by atoms with E-state index in [1.165, 1.54) is 4.90 Å². The van der Waals surface area contributed by atoms with Crippen molar-refractivity contribution in [1.29, 1.82) is 0 Å². The van der Waals surface area contributed by atoms with Gasteiger partial charge in [-0.25, -0.2) is 4.98 Å². The number of benzene rings is 2. The first-order valence-corrected chi connectivity index (χ1v) is 13.3. The molecule has 39 heavy (non-hydrogen) atoms. The lowest BCUT2D eigenvalue weighted by Gasteiger charge is -2.20. The zero-order valence-electron chi connectivity index (χ0n) is 23.1. The normalized spacial score (nSPS) is 15.6. The molecule has 0 saturated carbocycles. The van der Waals surface area contributed by atoms with E-state index < -0.39 is 0 Å². The SMILES string of the molecule is COc1ccccc1-c1c[nH]c2ncc(-c3ccc(NC(=O)C4CCN(C(C)C)C4)c(C(=O)N(C)C)c3)cc12. The van der Waals surface area contributed by atoms with Crippen molar-refractivity contribution in [2.24, 2.45) is 5.92 Å². The van der Waals surface area contributed by atoms with Crippen molar-refractivity contribution in [2.45, 2.75) is 26.3 Å². The molecule has 1 aliphatic rings. The van der Waals surface area contributed by atoms with Crippen LogP contribution >= 0.6 is 0 Å². The third kappa shape index (κ3) is 5.25. The standard InChI is InChI=1S/C31H35N5O3/c1-19(2)36-13-12-21(18-36)30(37)34-27-11-10-20(14-25(27)31(38)35(3)4)22-15-24-26(17-33-29(24)32-16-22)23-8-6-7-9-28(23)39-5/h6-11,14-17,19,21H,12-13,18H2,1-5H3,(H,32,33)(H,34,37). The van der Waals surface area contributed by atoms with Crippen molar-refractivity contribution in [3.8, 4) is 28.0 Å². The second kappa shape index (κ2) is 10.9. The minimum absolute atomic E-state index is 0.0458. The predicted octanol–water partition coefficient (Wildman–Crippen LogP) is 5.28. The zero-order chi connectivity index (χ0) is 27.7. The van der Waals surface area contributed by atoms with Gasteiger partial charge >= 0.3 is 0 Å². The van der Waals surface area contributed by atoms with Crippen molar-refractivity contribution in [2.75, 3.05) is 39.6 Å². The van der Waals surface area contributed by atoms with E-state index in [1.54, 1.807) is 27.4 Å². The number of likely N-dealkylation sites (tertiary alicyclic amines) is 1. The number of nitrogens with zero attached hydrogens (tertiary/aromatic N) is 3. The van der Waals surface area contributed by atoms with Crippen molar-refractivity contribution < 1.29 is 14.3 Å². The van der Waals surface area contributed by atoms with E-state index in [2.05, 4.69) is 40.1 Å². The van der Waals surface area contributed by atoms with Crippen LogP contribution in [0.25, 0.3) is 33.3 Å². The third-order valence-corrected chi connectivity index (χ3v) is 7.50. The first-order valence-electron chi connectivity index (χ1n) is 13.3. The van der Waals surface area contributed by atoms with Crippen LogP contribution in [0.15, 0.2) is 60.9 Å². The Labute approximate surface area is 229 Å². The number of hydrogen-bond donors (Lipinski definition) is 2. The lowest BCUT2D eigenvalue weighted by molar-refractivity contribution is -0.119. The van der Waals surface area contributed by atoms with E-state index in [0.717, 1.165) is 58.5 Å². The van der Waals surface area contributed by atoms with Crippen molar-refractivity contribution in [1.82, 2.24) is 19.8 Å². The Morgan fingerprint density at radius 2 is 1.90 bits per heavy atom. The average Bonchev–Trinajstić information content (AvgIpc) is 3.60. The van der Waals surface area contributed by atoms with Crippen LogP contribution in [0.3, 0.4) is 0 Å². The van der Waals surface area contributed by atoms with Crippen LogP contribution in [0.4, 0.5) is 5.69 Å². The number of ether oxygens (including phenoxy) is 1. The smallest absolute Gasteiger partial charge is 0.255 e. The fraction of sp³-hybridized carbons (Fsp3) is 0.323. The maximum Gasteiger partial charge on any atom is 0.255 e.